The summed E-state index contributed by atoms with van der Waals surface area (Å²) in [5, 5.41) is 38.1. The highest BCUT2D eigenvalue weighted by molar-refractivity contribution is 6.18. The first-order valence-electron chi connectivity index (χ1n) is 11.2. The molecule has 0 atom stereocenters. The third-order valence-electron chi connectivity index (χ3n) is 5.49. The number of rotatable bonds is 12. The van der Waals surface area contributed by atoms with Gasteiger partial charge < -0.3 is 14.6 Å². The lowest BCUT2D eigenvalue weighted by Gasteiger charge is -2.27. The Kier molecular flexibility index (Phi) is 11.3. The smallest absolute Gasteiger partial charge is 0.303 e. The van der Waals surface area contributed by atoms with Gasteiger partial charge in [-0.3, -0.25) is 4.79 Å². The fourth-order valence-corrected chi connectivity index (χ4v) is 4.05. The van der Waals surface area contributed by atoms with E-state index in [9.17, 15) is 35.1 Å². The van der Waals surface area contributed by atoms with Crippen LogP contribution in [0.4, 0.5) is 5.69 Å². The fraction of sp³-hybridized carbons (Fsp3) is 0.579. The van der Waals surface area contributed by atoms with Crippen LogP contribution >= 0.6 is 23.2 Å². The zero-order valence-corrected chi connectivity index (χ0v) is 21.9. The Labute approximate surface area is 226 Å². The summed E-state index contributed by atoms with van der Waals surface area (Å²) in [6.45, 7) is -0.310. The minimum absolute atomic E-state index is 0.160. The van der Waals surface area contributed by atoms with Crippen LogP contribution in [0.2, 0.25) is 0 Å². The summed E-state index contributed by atoms with van der Waals surface area (Å²) in [5.41, 5.74) is 2.99. The molecule has 1 N–H and O–H groups in total. The molecule has 1 aliphatic heterocycles. The number of benzene rings is 1. The number of aryl methyl sites for hydroxylation is 2. The Hall–Kier alpha value is -3.86. The number of fused-ring (bicyclic) bond motifs is 1. The van der Waals surface area contributed by atoms with E-state index in [2.05, 4.69) is 9.88 Å². The molecule has 0 bridgehead atoms. The van der Waals surface area contributed by atoms with Crippen molar-refractivity contribution >= 4 is 45.9 Å². The number of halogens is 2. The van der Waals surface area contributed by atoms with Crippen molar-refractivity contribution in [1.82, 2.24) is 24.6 Å². The fourth-order valence-electron chi connectivity index (χ4n) is 3.64. The van der Waals surface area contributed by atoms with Gasteiger partial charge >= 0.3 is 5.97 Å². The second-order valence-electron chi connectivity index (χ2n) is 8.03. The van der Waals surface area contributed by atoms with Gasteiger partial charge in [0.15, 0.2) is 15.1 Å². The van der Waals surface area contributed by atoms with Crippen LogP contribution in [-0.2, 0) is 18.3 Å². The molecule has 1 aromatic heterocycles. The lowest BCUT2D eigenvalue weighted by Crippen LogP contribution is -2.59. The topological polar surface area (TPSA) is 198 Å². The lowest BCUT2D eigenvalue weighted by molar-refractivity contribution is -0.775. The summed E-state index contributed by atoms with van der Waals surface area (Å²) in [6, 6.07) is 6.12. The summed E-state index contributed by atoms with van der Waals surface area (Å²) in [7, 11) is 1.96. The van der Waals surface area contributed by atoms with Gasteiger partial charge in [-0.15, -0.1) is 23.2 Å². The number of carboxylic acid groups (broad SMARTS) is 1. The first-order chi connectivity index (χ1) is 18.0. The van der Waals surface area contributed by atoms with Crippen molar-refractivity contribution in [3.63, 3.8) is 0 Å². The summed E-state index contributed by atoms with van der Waals surface area (Å²) in [5.74, 6) is 1.21. The van der Waals surface area contributed by atoms with E-state index in [1.807, 2.05) is 29.8 Å². The number of hydrazine groups is 3. The Morgan fingerprint density at radius 3 is 1.92 bits per heavy atom. The van der Waals surface area contributed by atoms with Gasteiger partial charge in [-0.2, -0.15) is 0 Å². The predicted octanol–water partition coefficient (Wildman–Crippen LogP) is 1.62. The highest BCUT2D eigenvalue weighted by Gasteiger charge is 2.39. The summed E-state index contributed by atoms with van der Waals surface area (Å²) in [4.78, 5) is 48.4. The van der Waals surface area contributed by atoms with Gasteiger partial charge in [-0.05, 0) is 24.6 Å². The zero-order chi connectivity index (χ0) is 28.4. The van der Waals surface area contributed by atoms with Crippen molar-refractivity contribution in [3.8, 4) is 0 Å². The largest absolute Gasteiger partial charge is 0.481 e. The van der Waals surface area contributed by atoms with Crippen molar-refractivity contribution < 1.29 is 25.0 Å². The van der Waals surface area contributed by atoms with Crippen LogP contribution in [-0.4, -0.2) is 95.6 Å². The molecule has 19 heteroatoms. The molecule has 1 fully saturated rings. The molecule has 0 radical (unpaired) electrons. The number of alkyl halides is 2. The molecule has 1 saturated heterocycles. The van der Waals surface area contributed by atoms with Crippen LogP contribution in [0.15, 0.2) is 18.2 Å². The van der Waals surface area contributed by atoms with E-state index in [-0.39, 0.29) is 6.42 Å². The number of carboxylic acids is 1. The average Bonchev–Trinajstić information content (AvgIpc) is 3.18. The molecule has 0 aliphatic carbocycles. The molecule has 0 spiro atoms. The molecule has 1 aliphatic rings. The second kappa shape index (κ2) is 14.2. The van der Waals surface area contributed by atoms with Gasteiger partial charge in [0.2, 0.25) is 20.0 Å². The summed E-state index contributed by atoms with van der Waals surface area (Å²) in [6.07, 6.45) is 1.40. The Bertz CT molecular complexity index is 1090. The minimum Gasteiger partial charge on any atom is -0.481 e. The van der Waals surface area contributed by atoms with Gasteiger partial charge in [0.25, 0.3) is 0 Å². The Morgan fingerprint density at radius 2 is 1.50 bits per heavy atom. The highest BCUT2D eigenvalue weighted by Crippen LogP contribution is 2.23. The van der Waals surface area contributed by atoms with E-state index in [1.165, 1.54) is 0 Å². The number of nitro groups is 3. The Morgan fingerprint density at radius 1 is 1.00 bits per heavy atom. The van der Waals surface area contributed by atoms with Crippen molar-refractivity contribution in [1.29, 1.82) is 0 Å². The number of nitrogens with zero attached hydrogens (tertiary/aromatic N) is 9. The van der Waals surface area contributed by atoms with Crippen molar-refractivity contribution in [3.05, 3.63) is 54.4 Å². The number of hydrogen-bond donors (Lipinski definition) is 1. The molecule has 2 aromatic rings. The van der Waals surface area contributed by atoms with E-state index in [1.54, 1.807) is 0 Å². The summed E-state index contributed by atoms with van der Waals surface area (Å²) < 4.78 is 2.02. The van der Waals surface area contributed by atoms with Crippen molar-refractivity contribution in [2.75, 3.05) is 49.8 Å². The molecule has 0 amide bonds. The first-order valence-corrected chi connectivity index (χ1v) is 12.3. The maximum atomic E-state index is 10.6. The molecule has 38 heavy (non-hydrogen) atoms. The SMILES string of the molecule is Cn1c(CCCC(=O)O)nc2cc(N(CCCl)CCCl)ccc21.O=[N+]([O-])N1CN([N+](=O)[O-])CN([N+](=O)[O-])C1. The lowest BCUT2D eigenvalue weighted by atomic mass is 10.2. The van der Waals surface area contributed by atoms with Crippen LogP contribution in [0.5, 0.6) is 0 Å². The molecule has 3 rings (SSSR count). The minimum atomic E-state index is -0.924. The number of hydrogen-bond acceptors (Lipinski definition) is 9. The van der Waals surface area contributed by atoms with Gasteiger partial charge in [0, 0.05) is 50.4 Å². The van der Waals surface area contributed by atoms with Crippen LogP contribution in [0.1, 0.15) is 18.7 Å². The van der Waals surface area contributed by atoms with E-state index >= 15 is 0 Å². The summed E-state index contributed by atoms with van der Waals surface area (Å²) >= 11 is 11.7. The number of imidazole rings is 1. The second-order valence-corrected chi connectivity index (χ2v) is 8.79. The van der Waals surface area contributed by atoms with Gasteiger partial charge in [-0.25, -0.2) is 35.3 Å². The van der Waals surface area contributed by atoms with Crippen LogP contribution in [0.3, 0.4) is 0 Å². The third-order valence-corrected chi connectivity index (χ3v) is 5.83. The molecule has 1 aromatic carbocycles. The molecular formula is C19H27Cl2N9O8. The standard InChI is InChI=1S/C16H21Cl2N3O2.C3H6N6O6/c1-20-14-6-5-12(21(9-7-17)10-8-18)11-13(14)19-15(20)3-2-4-16(22)23;10-7(11)4-1-5(8(12)13)3-6(2-4)9(14)15/h5-6,11H,2-4,7-10H2,1H3,(H,22,23);1-3H2. The van der Waals surface area contributed by atoms with Crippen LogP contribution in [0, 0.1) is 30.3 Å². The van der Waals surface area contributed by atoms with Gasteiger partial charge in [-0.1, -0.05) is 15.0 Å². The first kappa shape index (κ1) is 30.4. The van der Waals surface area contributed by atoms with Gasteiger partial charge in [0.05, 0.1) is 11.0 Å². The molecule has 0 saturated carbocycles. The zero-order valence-electron chi connectivity index (χ0n) is 20.4. The van der Waals surface area contributed by atoms with E-state index in [0.717, 1.165) is 35.6 Å². The molecule has 17 nitrogen and oxygen atoms in total. The maximum absolute atomic E-state index is 10.6. The molecule has 0 unspecified atom stereocenters. The van der Waals surface area contributed by atoms with Crippen molar-refractivity contribution in [2.45, 2.75) is 19.3 Å². The number of aliphatic carboxylic acids is 1. The van der Waals surface area contributed by atoms with Gasteiger partial charge in [0.1, 0.15) is 5.82 Å². The van der Waals surface area contributed by atoms with E-state index < -0.39 is 41.1 Å². The van der Waals surface area contributed by atoms with Crippen LogP contribution < -0.4 is 4.90 Å². The Balaban J connectivity index is 0.000000293. The monoisotopic (exact) mass is 579 g/mol. The van der Waals surface area contributed by atoms with Crippen molar-refractivity contribution in [2.24, 2.45) is 7.05 Å². The average molecular weight is 580 g/mol. The number of carbonyl (C=O) groups is 1. The molecule has 210 valence electrons. The third kappa shape index (κ3) is 8.34. The maximum Gasteiger partial charge on any atom is 0.303 e. The molecular weight excluding hydrogens is 553 g/mol. The quantitative estimate of drug-likeness (QED) is 0.216. The predicted molar refractivity (Wildman–Crippen MR) is 136 cm³/mol. The number of aromatic nitrogens is 2. The molecule has 2 heterocycles. The van der Waals surface area contributed by atoms with E-state index in [0.29, 0.717) is 39.6 Å². The number of anilines is 1. The highest BCUT2D eigenvalue weighted by atomic mass is 35.5. The van der Waals surface area contributed by atoms with E-state index in [4.69, 9.17) is 28.3 Å². The normalized spacial score (nSPS) is 13.2. The van der Waals surface area contributed by atoms with Crippen LogP contribution in [0.25, 0.3) is 11.0 Å².